The second kappa shape index (κ2) is 10.2. The van der Waals surface area contributed by atoms with Crippen molar-refractivity contribution in [2.75, 3.05) is 10.6 Å². The fourth-order valence-corrected chi connectivity index (χ4v) is 4.48. The van der Waals surface area contributed by atoms with Crippen LogP contribution in [-0.2, 0) is 0 Å². The molecule has 0 aliphatic heterocycles. The summed E-state index contributed by atoms with van der Waals surface area (Å²) in [5.41, 5.74) is 4.66. The summed E-state index contributed by atoms with van der Waals surface area (Å²) >= 11 is 1.41. The van der Waals surface area contributed by atoms with Crippen LogP contribution in [0.4, 0.5) is 11.4 Å². The molecule has 0 bridgehead atoms. The van der Waals surface area contributed by atoms with Crippen molar-refractivity contribution in [1.82, 2.24) is 0 Å². The Morgan fingerprint density at radius 1 is 0.545 bits per heavy atom. The summed E-state index contributed by atoms with van der Waals surface area (Å²) in [6.45, 7) is 3.92. The van der Waals surface area contributed by atoms with Gasteiger partial charge < -0.3 is 10.6 Å². The summed E-state index contributed by atoms with van der Waals surface area (Å²) in [5, 5.41) is 5.99. The van der Waals surface area contributed by atoms with Crippen molar-refractivity contribution in [2.45, 2.75) is 23.6 Å². The molecule has 2 amide bonds. The highest BCUT2D eigenvalue weighted by Crippen LogP contribution is 2.34. The second-order valence-corrected chi connectivity index (χ2v) is 8.72. The van der Waals surface area contributed by atoms with Gasteiger partial charge in [-0.3, -0.25) is 9.59 Å². The van der Waals surface area contributed by atoms with Crippen molar-refractivity contribution in [1.29, 1.82) is 0 Å². The zero-order valence-corrected chi connectivity index (χ0v) is 19.3. The Morgan fingerprint density at radius 2 is 0.909 bits per heavy atom. The Balaban J connectivity index is 1.59. The SMILES string of the molecule is Cc1ccccc1NC(=O)c1ccccc1Sc1ccccc1C(=O)Nc1ccccc1C. The molecule has 0 unspecified atom stereocenters. The molecular weight excluding hydrogens is 428 g/mol. The van der Waals surface area contributed by atoms with Gasteiger partial charge in [-0.15, -0.1) is 0 Å². The van der Waals surface area contributed by atoms with E-state index in [0.717, 1.165) is 32.3 Å². The van der Waals surface area contributed by atoms with Crippen LogP contribution in [0.15, 0.2) is 107 Å². The minimum Gasteiger partial charge on any atom is -0.322 e. The molecule has 4 aromatic rings. The Labute approximate surface area is 198 Å². The molecule has 0 spiro atoms. The molecule has 0 fully saturated rings. The summed E-state index contributed by atoms with van der Waals surface area (Å²) in [6, 6.07) is 30.2. The maximum Gasteiger partial charge on any atom is 0.256 e. The van der Waals surface area contributed by atoms with E-state index in [9.17, 15) is 9.59 Å². The van der Waals surface area contributed by atoms with Crippen molar-refractivity contribution in [3.63, 3.8) is 0 Å². The van der Waals surface area contributed by atoms with Crippen molar-refractivity contribution < 1.29 is 9.59 Å². The van der Waals surface area contributed by atoms with Crippen LogP contribution in [0.3, 0.4) is 0 Å². The molecule has 0 heterocycles. The van der Waals surface area contributed by atoms with Gasteiger partial charge in [0.25, 0.3) is 11.8 Å². The number of aryl methyl sites for hydroxylation is 2. The van der Waals surface area contributed by atoms with E-state index < -0.39 is 0 Å². The van der Waals surface area contributed by atoms with Crippen LogP contribution in [0, 0.1) is 13.8 Å². The largest absolute Gasteiger partial charge is 0.322 e. The summed E-state index contributed by atoms with van der Waals surface area (Å²) in [6.07, 6.45) is 0. The van der Waals surface area contributed by atoms with E-state index in [1.807, 2.05) is 98.8 Å². The molecule has 2 N–H and O–H groups in total. The molecule has 0 aliphatic rings. The van der Waals surface area contributed by atoms with Crippen LogP contribution in [0.5, 0.6) is 0 Å². The number of hydrogen-bond acceptors (Lipinski definition) is 3. The lowest BCUT2D eigenvalue weighted by Gasteiger charge is -2.14. The van der Waals surface area contributed by atoms with Crippen molar-refractivity contribution in [2.24, 2.45) is 0 Å². The van der Waals surface area contributed by atoms with E-state index in [1.165, 1.54) is 11.8 Å². The molecule has 4 rings (SSSR count). The third kappa shape index (κ3) is 5.33. The van der Waals surface area contributed by atoms with Gasteiger partial charge in [-0.05, 0) is 61.4 Å². The lowest BCUT2D eigenvalue weighted by atomic mass is 10.1. The predicted molar refractivity (Wildman–Crippen MR) is 135 cm³/mol. The minimum absolute atomic E-state index is 0.186. The van der Waals surface area contributed by atoms with Crippen LogP contribution in [0.1, 0.15) is 31.8 Å². The number of anilines is 2. The Kier molecular flexibility index (Phi) is 6.91. The van der Waals surface area contributed by atoms with Gasteiger partial charge in [0.1, 0.15) is 0 Å². The number of hydrogen-bond donors (Lipinski definition) is 2. The fourth-order valence-electron chi connectivity index (χ4n) is 3.41. The number of benzene rings is 4. The highest BCUT2D eigenvalue weighted by atomic mass is 32.2. The Hall–Kier alpha value is -3.83. The number of rotatable bonds is 6. The lowest BCUT2D eigenvalue weighted by Crippen LogP contribution is -2.15. The maximum absolute atomic E-state index is 13.1. The third-order valence-electron chi connectivity index (χ3n) is 5.27. The molecule has 0 aliphatic carbocycles. The molecule has 0 atom stereocenters. The molecule has 0 saturated heterocycles. The first-order valence-electron chi connectivity index (χ1n) is 10.6. The number of amides is 2. The van der Waals surface area contributed by atoms with E-state index in [-0.39, 0.29) is 11.8 Å². The average molecular weight is 453 g/mol. The van der Waals surface area contributed by atoms with Crippen molar-refractivity contribution in [3.8, 4) is 0 Å². The van der Waals surface area contributed by atoms with Gasteiger partial charge in [0.15, 0.2) is 0 Å². The topological polar surface area (TPSA) is 58.2 Å². The maximum atomic E-state index is 13.1. The molecule has 0 aromatic heterocycles. The second-order valence-electron chi connectivity index (χ2n) is 7.63. The van der Waals surface area contributed by atoms with E-state index in [1.54, 1.807) is 12.1 Å². The van der Waals surface area contributed by atoms with Crippen LogP contribution < -0.4 is 10.6 Å². The number of carbonyl (C=O) groups is 2. The standard InChI is InChI=1S/C28H24N2O2S/c1-19-11-3-7-15-23(19)29-27(31)21-13-5-9-17-25(21)33-26-18-10-6-14-22(26)28(32)30-24-16-8-4-12-20(24)2/h3-18H,1-2H3,(H,29,31)(H,30,32). The van der Waals surface area contributed by atoms with Gasteiger partial charge in [0, 0.05) is 21.2 Å². The lowest BCUT2D eigenvalue weighted by molar-refractivity contribution is 0.101. The van der Waals surface area contributed by atoms with Gasteiger partial charge >= 0.3 is 0 Å². The number of carbonyl (C=O) groups excluding carboxylic acids is 2. The van der Waals surface area contributed by atoms with Gasteiger partial charge in [-0.25, -0.2) is 0 Å². The van der Waals surface area contributed by atoms with E-state index in [4.69, 9.17) is 0 Å². The highest BCUT2D eigenvalue weighted by molar-refractivity contribution is 7.99. The van der Waals surface area contributed by atoms with Gasteiger partial charge in [0.05, 0.1) is 11.1 Å². The molecule has 33 heavy (non-hydrogen) atoms. The van der Waals surface area contributed by atoms with Crippen molar-refractivity contribution in [3.05, 3.63) is 119 Å². The summed E-state index contributed by atoms with van der Waals surface area (Å²) < 4.78 is 0. The van der Waals surface area contributed by atoms with Crippen LogP contribution in [0.2, 0.25) is 0 Å². The summed E-state index contributed by atoms with van der Waals surface area (Å²) in [5.74, 6) is -0.372. The zero-order valence-electron chi connectivity index (χ0n) is 18.5. The van der Waals surface area contributed by atoms with E-state index in [0.29, 0.717) is 11.1 Å². The molecule has 4 nitrogen and oxygen atoms in total. The van der Waals surface area contributed by atoms with Crippen LogP contribution in [0.25, 0.3) is 0 Å². The highest BCUT2D eigenvalue weighted by Gasteiger charge is 2.17. The Bertz CT molecular complexity index is 1220. The van der Waals surface area contributed by atoms with E-state index in [2.05, 4.69) is 10.6 Å². The quantitative estimate of drug-likeness (QED) is 0.332. The Morgan fingerprint density at radius 3 is 1.33 bits per heavy atom. The zero-order chi connectivity index (χ0) is 23.2. The summed E-state index contributed by atoms with van der Waals surface area (Å²) in [7, 11) is 0. The normalized spacial score (nSPS) is 10.5. The number of nitrogens with one attached hydrogen (secondary N) is 2. The molecule has 0 radical (unpaired) electrons. The molecule has 164 valence electrons. The fraction of sp³-hybridized carbons (Fsp3) is 0.0714. The predicted octanol–water partition coefficient (Wildman–Crippen LogP) is 6.96. The van der Waals surface area contributed by atoms with Gasteiger partial charge in [0.2, 0.25) is 0 Å². The average Bonchev–Trinajstić information content (AvgIpc) is 2.82. The molecule has 5 heteroatoms. The monoisotopic (exact) mass is 452 g/mol. The molecule has 4 aromatic carbocycles. The number of para-hydroxylation sites is 2. The third-order valence-corrected chi connectivity index (χ3v) is 6.42. The van der Waals surface area contributed by atoms with Gasteiger partial charge in [-0.2, -0.15) is 0 Å². The molecular formula is C28H24N2O2S. The van der Waals surface area contributed by atoms with Crippen molar-refractivity contribution >= 4 is 35.0 Å². The first-order chi connectivity index (χ1) is 16.0. The van der Waals surface area contributed by atoms with Crippen LogP contribution >= 0.6 is 11.8 Å². The minimum atomic E-state index is -0.186. The van der Waals surface area contributed by atoms with Gasteiger partial charge in [-0.1, -0.05) is 72.4 Å². The summed E-state index contributed by atoms with van der Waals surface area (Å²) in [4.78, 5) is 27.7. The molecule has 0 saturated carbocycles. The van der Waals surface area contributed by atoms with E-state index >= 15 is 0 Å². The van der Waals surface area contributed by atoms with Crippen LogP contribution in [-0.4, -0.2) is 11.8 Å². The first kappa shape index (κ1) is 22.4. The smallest absolute Gasteiger partial charge is 0.256 e. The first-order valence-corrected chi connectivity index (χ1v) is 11.4.